The van der Waals surface area contributed by atoms with Gasteiger partial charge in [0.2, 0.25) is 0 Å². The van der Waals surface area contributed by atoms with E-state index < -0.39 is 0 Å². The molecule has 1 aliphatic carbocycles. The summed E-state index contributed by atoms with van der Waals surface area (Å²) in [4.78, 5) is 0. The lowest BCUT2D eigenvalue weighted by molar-refractivity contribution is 0.667. The van der Waals surface area contributed by atoms with Gasteiger partial charge in [-0.25, -0.2) is 0 Å². The molecular weight excluding hydrogens is 372 g/mol. The summed E-state index contributed by atoms with van der Waals surface area (Å²) in [5.74, 6) is 0. The van der Waals surface area contributed by atoms with Crippen LogP contribution >= 0.6 is 0 Å². The number of rotatable bonds is 0. The minimum absolute atomic E-state index is 0.0439. The molecule has 0 saturated carbocycles. The standard InChI is InChI=1S/C31H22/c1-31(2)27-16-14-20-12-11-19-7-5-6-10-24(19)28(20)29(27)25-15-13-23-17-21-8-3-4-9-22(21)18-26(23)30(25)31/h3-18H,1-2H3. The molecule has 0 aromatic heterocycles. The molecule has 6 aromatic rings. The van der Waals surface area contributed by atoms with Crippen molar-refractivity contribution in [2.24, 2.45) is 0 Å². The molecule has 1 aliphatic rings. The minimum atomic E-state index is -0.0439. The van der Waals surface area contributed by atoms with E-state index in [2.05, 4.69) is 111 Å². The maximum absolute atomic E-state index is 2.40. The van der Waals surface area contributed by atoms with Gasteiger partial charge in [-0.3, -0.25) is 0 Å². The van der Waals surface area contributed by atoms with Gasteiger partial charge in [0.05, 0.1) is 0 Å². The molecule has 0 unspecified atom stereocenters. The molecule has 31 heavy (non-hydrogen) atoms. The van der Waals surface area contributed by atoms with Gasteiger partial charge in [0.15, 0.2) is 0 Å². The quantitative estimate of drug-likeness (QED) is 0.179. The van der Waals surface area contributed by atoms with Gasteiger partial charge in [-0.05, 0) is 77.5 Å². The first-order valence-corrected chi connectivity index (χ1v) is 11.0. The Morgan fingerprint density at radius 3 is 2.00 bits per heavy atom. The Hall–Kier alpha value is -3.64. The van der Waals surface area contributed by atoms with E-state index in [1.807, 2.05) is 0 Å². The molecule has 146 valence electrons. The van der Waals surface area contributed by atoms with Crippen LogP contribution in [0.15, 0.2) is 97.1 Å². The van der Waals surface area contributed by atoms with E-state index in [0.29, 0.717) is 0 Å². The second kappa shape index (κ2) is 5.74. The normalized spacial score (nSPS) is 14.4. The highest BCUT2D eigenvalue weighted by Crippen LogP contribution is 2.54. The van der Waals surface area contributed by atoms with E-state index in [0.717, 1.165) is 0 Å². The summed E-state index contributed by atoms with van der Waals surface area (Å²) in [6, 6.07) is 36.1. The monoisotopic (exact) mass is 394 g/mol. The zero-order valence-corrected chi connectivity index (χ0v) is 17.7. The van der Waals surface area contributed by atoms with Crippen molar-refractivity contribution in [1.29, 1.82) is 0 Å². The fourth-order valence-corrected chi connectivity index (χ4v) is 5.93. The third kappa shape index (κ3) is 2.15. The molecule has 0 saturated heterocycles. The van der Waals surface area contributed by atoms with Crippen molar-refractivity contribution in [3.63, 3.8) is 0 Å². The molecule has 0 bridgehead atoms. The van der Waals surface area contributed by atoms with Gasteiger partial charge in [0.25, 0.3) is 0 Å². The third-order valence-corrected chi connectivity index (χ3v) is 7.36. The molecule has 6 aromatic carbocycles. The lowest BCUT2D eigenvalue weighted by atomic mass is 9.79. The summed E-state index contributed by atoms with van der Waals surface area (Å²) in [5.41, 5.74) is 5.67. The highest BCUT2D eigenvalue weighted by molar-refractivity contribution is 6.18. The molecule has 0 amide bonds. The van der Waals surface area contributed by atoms with Crippen LogP contribution in [-0.2, 0) is 5.41 Å². The smallest absolute Gasteiger partial charge is 0.0165 e. The zero-order valence-electron chi connectivity index (χ0n) is 17.7. The average molecular weight is 395 g/mol. The van der Waals surface area contributed by atoms with E-state index in [-0.39, 0.29) is 5.41 Å². The predicted octanol–water partition coefficient (Wildman–Crippen LogP) is 8.61. The summed E-state index contributed by atoms with van der Waals surface area (Å²) in [6.07, 6.45) is 0. The highest BCUT2D eigenvalue weighted by Gasteiger charge is 2.38. The van der Waals surface area contributed by atoms with Gasteiger partial charge in [0.1, 0.15) is 0 Å². The Labute approximate surface area is 181 Å². The first-order chi connectivity index (χ1) is 15.1. The molecule has 0 heterocycles. The SMILES string of the molecule is CC1(C)c2ccc3ccc4ccccc4c3c2-c2ccc3cc4ccccc4cc3c21. The van der Waals surface area contributed by atoms with Gasteiger partial charge in [-0.15, -0.1) is 0 Å². The van der Waals surface area contributed by atoms with Crippen molar-refractivity contribution in [3.05, 3.63) is 108 Å². The van der Waals surface area contributed by atoms with Crippen LogP contribution in [0, 0.1) is 0 Å². The number of fused-ring (bicyclic) bond motifs is 10. The first-order valence-electron chi connectivity index (χ1n) is 11.0. The van der Waals surface area contributed by atoms with Crippen LogP contribution in [0.2, 0.25) is 0 Å². The van der Waals surface area contributed by atoms with E-state index >= 15 is 0 Å². The summed E-state index contributed by atoms with van der Waals surface area (Å²) < 4.78 is 0. The van der Waals surface area contributed by atoms with Crippen LogP contribution in [0.1, 0.15) is 25.0 Å². The van der Waals surface area contributed by atoms with Crippen molar-refractivity contribution >= 4 is 43.1 Å². The number of benzene rings is 6. The summed E-state index contributed by atoms with van der Waals surface area (Å²) in [7, 11) is 0. The van der Waals surface area contributed by atoms with Gasteiger partial charge in [-0.2, -0.15) is 0 Å². The molecular formula is C31H22. The Morgan fingerprint density at radius 2 is 1.16 bits per heavy atom. The second-order valence-electron chi connectivity index (χ2n) is 9.41. The van der Waals surface area contributed by atoms with E-state index in [4.69, 9.17) is 0 Å². The third-order valence-electron chi connectivity index (χ3n) is 7.36. The van der Waals surface area contributed by atoms with Crippen LogP contribution in [0.3, 0.4) is 0 Å². The van der Waals surface area contributed by atoms with Crippen LogP contribution < -0.4 is 0 Å². The summed E-state index contributed by atoms with van der Waals surface area (Å²) >= 11 is 0. The lowest BCUT2D eigenvalue weighted by Gasteiger charge is -2.23. The number of hydrogen-bond donors (Lipinski definition) is 0. The molecule has 0 atom stereocenters. The summed E-state index contributed by atoms with van der Waals surface area (Å²) in [5, 5.41) is 10.7. The van der Waals surface area contributed by atoms with Gasteiger partial charge in [-0.1, -0.05) is 98.8 Å². The van der Waals surface area contributed by atoms with E-state index in [1.165, 1.54) is 65.3 Å². The molecule has 0 nitrogen and oxygen atoms in total. The minimum Gasteiger partial charge on any atom is -0.0616 e. The van der Waals surface area contributed by atoms with Crippen molar-refractivity contribution in [2.75, 3.05) is 0 Å². The topological polar surface area (TPSA) is 0 Å². The number of hydrogen-bond acceptors (Lipinski definition) is 0. The average Bonchev–Trinajstić information content (AvgIpc) is 3.04. The second-order valence-corrected chi connectivity index (χ2v) is 9.41. The van der Waals surface area contributed by atoms with Gasteiger partial charge in [0, 0.05) is 5.41 Å². The first kappa shape index (κ1) is 17.1. The lowest BCUT2D eigenvalue weighted by Crippen LogP contribution is -2.15. The van der Waals surface area contributed by atoms with Gasteiger partial charge < -0.3 is 0 Å². The molecule has 0 heteroatoms. The molecule has 7 rings (SSSR count). The zero-order chi connectivity index (χ0) is 20.7. The van der Waals surface area contributed by atoms with Crippen LogP contribution in [0.25, 0.3) is 54.2 Å². The Kier molecular flexibility index (Phi) is 3.16. The van der Waals surface area contributed by atoms with Crippen LogP contribution in [0.4, 0.5) is 0 Å². The Morgan fingerprint density at radius 1 is 0.516 bits per heavy atom. The van der Waals surface area contributed by atoms with E-state index in [1.54, 1.807) is 0 Å². The highest BCUT2D eigenvalue weighted by atomic mass is 14.4. The maximum atomic E-state index is 2.40. The van der Waals surface area contributed by atoms with E-state index in [9.17, 15) is 0 Å². The molecule has 0 spiro atoms. The molecule has 0 N–H and O–H groups in total. The fraction of sp³-hybridized carbons (Fsp3) is 0.0968. The predicted molar refractivity (Wildman–Crippen MR) is 134 cm³/mol. The summed E-state index contributed by atoms with van der Waals surface area (Å²) in [6.45, 7) is 4.78. The van der Waals surface area contributed by atoms with Gasteiger partial charge >= 0.3 is 0 Å². The molecule has 0 aliphatic heterocycles. The Bertz CT molecular complexity index is 1700. The van der Waals surface area contributed by atoms with Crippen LogP contribution in [0.5, 0.6) is 0 Å². The molecule has 0 radical (unpaired) electrons. The Balaban J connectivity index is 1.69. The molecule has 0 fully saturated rings. The van der Waals surface area contributed by atoms with Crippen molar-refractivity contribution in [3.8, 4) is 11.1 Å². The van der Waals surface area contributed by atoms with Crippen molar-refractivity contribution in [1.82, 2.24) is 0 Å². The largest absolute Gasteiger partial charge is 0.0616 e. The van der Waals surface area contributed by atoms with Crippen molar-refractivity contribution < 1.29 is 0 Å². The van der Waals surface area contributed by atoms with Crippen LogP contribution in [-0.4, -0.2) is 0 Å². The maximum Gasteiger partial charge on any atom is 0.0165 e. The van der Waals surface area contributed by atoms with Crippen molar-refractivity contribution in [2.45, 2.75) is 19.3 Å². The fourth-order valence-electron chi connectivity index (χ4n) is 5.93.